The molecule has 0 spiro atoms. The minimum atomic E-state index is -1.34. The van der Waals surface area contributed by atoms with Crippen LogP contribution in [0, 0.1) is 0 Å². The summed E-state index contributed by atoms with van der Waals surface area (Å²) < 4.78 is 16.4. The normalized spacial score (nSPS) is 11.4. The zero-order valence-corrected chi connectivity index (χ0v) is 15.3. The van der Waals surface area contributed by atoms with Gasteiger partial charge in [0.2, 0.25) is 11.2 Å². The third-order valence-electron chi connectivity index (χ3n) is 3.99. The first kappa shape index (κ1) is 18.5. The summed E-state index contributed by atoms with van der Waals surface area (Å²) in [6.45, 7) is 5.60. The number of para-hydroxylation sites is 1. The molecule has 0 aliphatic rings. The lowest BCUT2D eigenvalue weighted by molar-refractivity contribution is -0.307. The van der Waals surface area contributed by atoms with Crippen LogP contribution in [-0.4, -0.2) is 12.6 Å². The van der Waals surface area contributed by atoms with E-state index in [-0.39, 0.29) is 27.9 Å². The van der Waals surface area contributed by atoms with E-state index in [4.69, 9.17) is 13.9 Å². The highest BCUT2D eigenvalue weighted by atomic mass is 16.5. The molecule has 27 heavy (non-hydrogen) atoms. The van der Waals surface area contributed by atoms with Crippen molar-refractivity contribution in [2.45, 2.75) is 26.2 Å². The lowest BCUT2D eigenvalue weighted by Crippen LogP contribution is -2.28. The number of carbonyl (C=O) groups excluding carboxylic acids is 1. The van der Waals surface area contributed by atoms with E-state index < -0.39 is 12.6 Å². The number of aliphatic carboxylic acids is 1. The fourth-order valence-corrected chi connectivity index (χ4v) is 2.69. The number of carboxylic acid groups (broad SMARTS) is 1. The van der Waals surface area contributed by atoms with Gasteiger partial charge in [0.1, 0.15) is 30.0 Å². The maximum atomic E-state index is 12.7. The van der Waals surface area contributed by atoms with Gasteiger partial charge in [-0.15, -0.1) is 0 Å². The Morgan fingerprint density at radius 3 is 2.56 bits per heavy atom. The minimum absolute atomic E-state index is 0.0719. The van der Waals surface area contributed by atoms with Gasteiger partial charge in [0.15, 0.2) is 0 Å². The van der Waals surface area contributed by atoms with Crippen molar-refractivity contribution in [3.05, 3.63) is 64.5 Å². The highest BCUT2D eigenvalue weighted by molar-refractivity contribution is 5.79. The number of hydrogen-bond donors (Lipinski definition) is 0. The summed E-state index contributed by atoms with van der Waals surface area (Å²) in [7, 11) is 0. The number of benzene rings is 2. The van der Waals surface area contributed by atoms with Crippen LogP contribution in [0.15, 0.2) is 57.9 Å². The summed E-state index contributed by atoms with van der Waals surface area (Å²) in [5, 5.41) is 10.8. The van der Waals surface area contributed by atoms with Crippen LogP contribution in [0.4, 0.5) is 0 Å². The summed E-state index contributed by atoms with van der Waals surface area (Å²) in [6, 6.07) is 12.0. The van der Waals surface area contributed by atoms with Crippen LogP contribution in [-0.2, 0) is 10.2 Å². The van der Waals surface area contributed by atoms with Crippen molar-refractivity contribution < 1.29 is 23.8 Å². The average Bonchev–Trinajstić information content (AvgIpc) is 2.62. The third-order valence-corrected chi connectivity index (χ3v) is 3.99. The topological polar surface area (TPSA) is 88.8 Å². The molecule has 2 aromatic carbocycles. The molecule has 0 atom stereocenters. The molecule has 1 heterocycles. The molecule has 0 unspecified atom stereocenters. The van der Waals surface area contributed by atoms with Gasteiger partial charge >= 0.3 is 0 Å². The van der Waals surface area contributed by atoms with Gasteiger partial charge in [0, 0.05) is 11.6 Å². The summed E-state index contributed by atoms with van der Waals surface area (Å²) >= 11 is 0. The van der Waals surface area contributed by atoms with E-state index in [1.165, 1.54) is 24.5 Å². The molecule has 0 saturated heterocycles. The van der Waals surface area contributed by atoms with Gasteiger partial charge in [-0.3, -0.25) is 4.79 Å². The van der Waals surface area contributed by atoms with Crippen LogP contribution in [0.5, 0.6) is 17.2 Å². The fourth-order valence-electron chi connectivity index (χ4n) is 2.69. The maximum absolute atomic E-state index is 12.7. The Morgan fingerprint density at radius 1 is 1.11 bits per heavy atom. The molecule has 0 fully saturated rings. The van der Waals surface area contributed by atoms with Crippen LogP contribution < -0.4 is 20.0 Å². The van der Waals surface area contributed by atoms with Gasteiger partial charge in [-0.05, 0) is 23.6 Å². The largest absolute Gasteiger partial charge is 0.546 e. The Kier molecular flexibility index (Phi) is 4.90. The predicted octanol–water partition coefficient (Wildman–Crippen LogP) is 3.01. The van der Waals surface area contributed by atoms with Crippen LogP contribution in [0.1, 0.15) is 26.3 Å². The Morgan fingerprint density at radius 2 is 1.85 bits per heavy atom. The van der Waals surface area contributed by atoms with Crippen LogP contribution in [0.3, 0.4) is 0 Å². The summed E-state index contributed by atoms with van der Waals surface area (Å²) in [5.41, 5.74) is 0.757. The number of fused-ring (bicyclic) bond motifs is 1. The molecular formula is C21H19O6-. The van der Waals surface area contributed by atoms with Crippen molar-refractivity contribution in [3.63, 3.8) is 0 Å². The number of hydrogen-bond acceptors (Lipinski definition) is 6. The Hall–Kier alpha value is -3.28. The summed E-state index contributed by atoms with van der Waals surface area (Å²) in [4.78, 5) is 23.2. The second kappa shape index (κ2) is 7.15. The standard InChI is InChI=1S/C21H20O6/c1-21(2,3)15-6-4-5-7-16(15)27-18-11-26-17-10-13(25-12-19(22)23)8-9-14(17)20(18)24/h4-11H,12H2,1-3H3,(H,22,23)/p-1. The predicted molar refractivity (Wildman–Crippen MR) is 98.2 cm³/mol. The smallest absolute Gasteiger partial charge is 0.235 e. The number of rotatable bonds is 5. The van der Waals surface area contributed by atoms with E-state index in [0.717, 1.165) is 5.56 Å². The summed E-state index contributed by atoms with van der Waals surface area (Å²) in [5.74, 6) is -0.410. The average molecular weight is 367 g/mol. The molecule has 3 aromatic rings. The monoisotopic (exact) mass is 367 g/mol. The molecule has 0 bridgehead atoms. The molecule has 3 rings (SSSR count). The number of carboxylic acids is 1. The Bertz CT molecular complexity index is 1040. The van der Waals surface area contributed by atoms with E-state index >= 15 is 0 Å². The van der Waals surface area contributed by atoms with Crippen molar-refractivity contribution in [1.29, 1.82) is 0 Å². The number of ether oxygens (including phenoxy) is 2. The zero-order valence-electron chi connectivity index (χ0n) is 15.3. The van der Waals surface area contributed by atoms with E-state index in [1.54, 1.807) is 6.07 Å². The first-order valence-corrected chi connectivity index (χ1v) is 8.41. The van der Waals surface area contributed by atoms with Crippen molar-refractivity contribution in [2.24, 2.45) is 0 Å². The minimum Gasteiger partial charge on any atom is -0.546 e. The molecule has 1 aromatic heterocycles. The highest BCUT2D eigenvalue weighted by Gasteiger charge is 2.20. The van der Waals surface area contributed by atoms with Gasteiger partial charge in [-0.25, -0.2) is 0 Å². The van der Waals surface area contributed by atoms with Crippen molar-refractivity contribution in [3.8, 4) is 17.2 Å². The molecule has 140 valence electrons. The second-order valence-electron chi connectivity index (χ2n) is 7.10. The Labute approximate surface area is 156 Å². The van der Waals surface area contributed by atoms with Gasteiger partial charge in [-0.1, -0.05) is 39.0 Å². The van der Waals surface area contributed by atoms with E-state index in [1.807, 2.05) is 18.2 Å². The fraction of sp³-hybridized carbons (Fsp3) is 0.238. The second-order valence-corrected chi connectivity index (χ2v) is 7.10. The van der Waals surface area contributed by atoms with Crippen molar-refractivity contribution in [1.82, 2.24) is 0 Å². The Balaban J connectivity index is 1.96. The molecular weight excluding hydrogens is 348 g/mol. The van der Waals surface area contributed by atoms with E-state index in [0.29, 0.717) is 11.1 Å². The quantitative estimate of drug-likeness (QED) is 0.689. The molecule has 6 nitrogen and oxygen atoms in total. The zero-order chi connectivity index (χ0) is 19.6. The van der Waals surface area contributed by atoms with Crippen molar-refractivity contribution in [2.75, 3.05) is 6.61 Å². The highest BCUT2D eigenvalue weighted by Crippen LogP contribution is 2.33. The molecule has 0 aliphatic heterocycles. The first-order chi connectivity index (χ1) is 12.8. The SMILES string of the molecule is CC(C)(C)c1ccccc1Oc1coc2cc(OCC(=O)[O-])ccc2c1=O. The van der Waals surface area contributed by atoms with Gasteiger partial charge in [0.25, 0.3) is 0 Å². The van der Waals surface area contributed by atoms with Crippen LogP contribution in [0.25, 0.3) is 11.0 Å². The lowest BCUT2D eigenvalue weighted by Gasteiger charge is -2.22. The van der Waals surface area contributed by atoms with Crippen LogP contribution in [0.2, 0.25) is 0 Å². The lowest BCUT2D eigenvalue weighted by atomic mass is 9.86. The molecule has 0 aliphatic carbocycles. The van der Waals surface area contributed by atoms with Gasteiger partial charge in [0.05, 0.1) is 11.4 Å². The third kappa shape index (κ3) is 4.11. The molecule has 0 N–H and O–H groups in total. The first-order valence-electron chi connectivity index (χ1n) is 8.41. The molecule has 6 heteroatoms. The van der Waals surface area contributed by atoms with E-state index in [9.17, 15) is 14.7 Å². The molecule has 0 saturated carbocycles. The number of carbonyl (C=O) groups is 1. The van der Waals surface area contributed by atoms with Gasteiger partial charge in [-0.2, -0.15) is 0 Å². The van der Waals surface area contributed by atoms with E-state index in [2.05, 4.69) is 20.8 Å². The van der Waals surface area contributed by atoms with Crippen molar-refractivity contribution >= 4 is 16.9 Å². The summed E-state index contributed by atoms with van der Waals surface area (Å²) in [6.07, 6.45) is 1.24. The maximum Gasteiger partial charge on any atom is 0.235 e. The van der Waals surface area contributed by atoms with Gasteiger partial charge < -0.3 is 23.8 Å². The molecule has 0 radical (unpaired) electrons. The molecule has 0 amide bonds. The van der Waals surface area contributed by atoms with Crippen LogP contribution >= 0.6 is 0 Å².